The second-order valence-corrected chi connectivity index (χ2v) is 6.93. The van der Waals surface area contributed by atoms with Gasteiger partial charge < -0.3 is 0 Å². The molecular formula is C19H17N5OS. The van der Waals surface area contributed by atoms with E-state index in [9.17, 15) is 4.79 Å². The molecule has 4 rings (SSSR count). The highest BCUT2D eigenvalue weighted by molar-refractivity contribution is 7.12. The van der Waals surface area contributed by atoms with Crippen molar-refractivity contribution < 1.29 is 4.79 Å². The fourth-order valence-electron chi connectivity index (χ4n) is 2.84. The predicted molar refractivity (Wildman–Crippen MR) is 102 cm³/mol. The van der Waals surface area contributed by atoms with Gasteiger partial charge in [-0.15, -0.1) is 16.4 Å². The minimum Gasteiger partial charge on any atom is -0.300 e. The summed E-state index contributed by atoms with van der Waals surface area (Å²) >= 11 is 1.42. The van der Waals surface area contributed by atoms with E-state index in [2.05, 4.69) is 15.1 Å². The lowest BCUT2D eigenvalue weighted by molar-refractivity contribution is 0.0988. The number of amides is 1. The van der Waals surface area contributed by atoms with Crippen molar-refractivity contribution in [3.8, 4) is 0 Å². The summed E-state index contributed by atoms with van der Waals surface area (Å²) in [5.41, 5.74) is 2.66. The van der Waals surface area contributed by atoms with Crippen molar-refractivity contribution in [2.45, 2.75) is 20.4 Å². The normalized spacial score (nSPS) is 11.0. The molecule has 0 aliphatic carbocycles. The van der Waals surface area contributed by atoms with Crippen LogP contribution in [0.15, 0.2) is 53.9 Å². The maximum absolute atomic E-state index is 13.0. The van der Waals surface area contributed by atoms with Gasteiger partial charge in [-0.25, -0.2) is 9.50 Å². The number of benzene rings is 1. The maximum Gasteiger partial charge on any atom is 0.268 e. The Balaban J connectivity index is 1.73. The Bertz CT molecular complexity index is 1060. The Morgan fingerprint density at radius 3 is 2.65 bits per heavy atom. The van der Waals surface area contributed by atoms with Crippen LogP contribution in [0.2, 0.25) is 0 Å². The van der Waals surface area contributed by atoms with Gasteiger partial charge in [0.1, 0.15) is 0 Å². The molecule has 3 aromatic heterocycles. The SMILES string of the molecule is Cc1cc(C)n2nc(CN(C(=O)c3cccs3)c3ccccc3)nc2n1. The number of aromatic nitrogens is 4. The van der Waals surface area contributed by atoms with Crippen LogP contribution in [0.1, 0.15) is 26.9 Å². The van der Waals surface area contributed by atoms with Crippen LogP contribution in [-0.2, 0) is 6.54 Å². The molecule has 3 heterocycles. The Hall–Kier alpha value is -3.06. The number of thiophene rings is 1. The first-order chi connectivity index (χ1) is 12.6. The number of carbonyl (C=O) groups excluding carboxylic acids is 1. The van der Waals surface area contributed by atoms with E-state index in [1.807, 2.05) is 67.8 Å². The van der Waals surface area contributed by atoms with E-state index >= 15 is 0 Å². The van der Waals surface area contributed by atoms with Crippen molar-refractivity contribution in [3.63, 3.8) is 0 Å². The summed E-state index contributed by atoms with van der Waals surface area (Å²) in [6, 6.07) is 15.2. The highest BCUT2D eigenvalue weighted by Crippen LogP contribution is 2.21. The van der Waals surface area contributed by atoms with Crippen LogP contribution in [-0.4, -0.2) is 25.5 Å². The third kappa shape index (κ3) is 3.09. The van der Waals surface area contributed by atoms with Crippen molar-refractivity contribution in [3.05, 3.63) is 76.0 Å². The topological polar surface area (TPSA) is 63.4 Å². The zero-order valence-electron chi connectivity index (χ0n) is 14.5. The van der Waals surface area contributed by atoms with Crippen LogP contribution >= 0.6 is 11.3 Å². The fraction of sp³-hybridized carbons (Fsp3) is 0.158. The second kappa shape index (κ2) is 6.68. The molecule has 7 heteroatoms. The standard InChI is InChI=1S/C19H17N5OS/c1-13-11-14(2)24-19(20-13)21-17(22-24)12-23(15-7-4-3-5-8-15)18(25)16-9-6-10-26-16/h3-11H,12H2,1-2H3. The Morgan fingerprint density at radius 1 is 1.12 bits per heavy atom. The highest BCUT2D eigenvalue weighted by Gasteiger charge is 2.21. The molecule has 0 fully saturated rings. The van der Waals surface area contributed by atoms with Crippen LogP contribution in [0.3, 0.4) is 0 Å². The van der Waals surface area contributed by atoms with Gasteiger partial charge in [0.15, 0.2) is 5.82 Å². The molecule has 6 nitrogen and oxygen atoms in total. The van der Waals surface area contributed by atoms with Gasteiger partial charge in [-0.1, -0.05) is 24.3 Å². The first kappa shape index (κ1) is 16.4. The molecule has 0 saturated carbocycles. The van der Waals surface area contributed by atoms with Gasteiger partial charge in [0, 0.05) is 17.1 Å². The van der Waals surface area contributed by atoms with E-state index in [1.165, 1.54) is 11.3 Å². The van der Waals surface area contributed by atoms with Gasteiger partial charge in [-0.05, 0) is 43.5 Å². The molecule has 0 N–H and O–H groups in total. The van der Waals surface area contributed by atoms with E-state index in [0.29, 0.717) is 16.5 Å². The van der Waals surface area contributed by atoms with Crippen LogP contribution in [0.5, 0.6) is 0 Å². The van der Waals surface area contributed by atoms with E-state index in [4.69, 9.17) is 0 Å². The van der Waals surface area contributed by atoms with Gasteiger partial charge in [-0.3, -0.25) is 9.69 Å². The molecule has 4 aromatic rings. The summed E-state index contributed by atoms with van der Waals surface area (Å²) in [7, 11) is 0. The number of rotatable bonds is 4. The molecule has 0 unspecified atom stereocenters. The second-order valence-electron chi connectivity index (χ2n) is 5.98. The Kier molecular flexibility index (Phi) is 4.22. The van der Waals surface area contributed by atoms with Crippen LogP contribution < -0.4 is 4.90 Å². The molecule has 0 spiro atoms. The predicted octanol–water partition coefficient (Wildman–Crippen LogP) is 3.65. The van der Waals surface area contributed by atoms with Crippen LogP contribution in [0, 0.1) is 13.8 Å². The number of anilines is 1. The van der Waals surface area contributed by atoms with Crippen LogP contribution in [0.4, 0.5) is 5.69 Å². The maximum atomic E-state index is 13.0. The average molecular weight is 363 g/mol. The minimum atomic E-state index is -0.0640. The summed E-state index contributed by atoms with van der Waals surface area (Å²) in [5.74, 6) is 1.04. The van der Waals surface area contributed by atoms with Crippen molar-refractivity contribution in [2.75, 3.05) is 4.90 Å². The number of nitrogens with zero attached hydrogens (tertiary/aromatic N) is 5. The monoisotopic (exact) mass is 363 g/mol. The number of aryl methyl sites for hydroxylation is 2. The first-order valence-electron chi connectivity index (χ1n) is 8.22. The Labute approximate surface area is 154 Å². The molecule has 0 atom stereocenters. The summed E-state index contributed by atoms with van der Waals surface area (Å²) in [4.78, 5) is 24.3. The van der Waals surface area contributed by atoms with Crippen molar-refractivity contribution >= 4 is 28.7 Å². The third-order valence-corrected chi connectivity index (χ3v) is 4.86. The quantitative estimate of drug-likeness (QED) is 0.555. The number of hydrogen-bond donors (Lipinski definition) is 0. The molecule has 0 aliphatic rings. The van der Waals surface area contributed by atoms with Crippen molar-refractivity contribution in [1.29, 1.82) is 0 Å². The van der Waals surface area contributed by atoms with E-state index in [1.54, 1.807) is 9.42 Å². The minimum absolute atomic E-state index is 0.0640. The molecule has 0 bridgehead atoms. The molecule has 26 heavy (non-hydrogen) atoms. The number of para-hydroxylation sites is 1. The van der Waals surface area contributed by atoms with Gasteiger partial charge >= 0.3 is 0 Å². The Morgan fingerprint density at radius 2 is 1.92 bits per heavy atom. The number of carbonyl (C=O) groups is 1. The lowest BCUT2D eigenvalue weighted by Crippen LogP contribution is -2.30. The smallest absolute Gasteiger partial charge is 0.268 e. The average Bonchev–Trinajstić information content (AvgIpc) is 3.29. The third-order valence-electron chi connectivity index (χ3n) is 4.01. The zero-order chi connectivity index (χ0) is 18.1. The van der Waals surface area contributed by atoms with Gasteiger partial charge in [0.05, 0.1) is 11.4 Å². The lowest BCUT2D eigenvalue weighted by Gasteiger charge is -2.20. The molecule has 1 aromatic carbocycles. The zero-order valence-corrected chi connectivity index (χ0v) is 15.3. The van der Waals surface area contributed by atoms with Crippen molar-refractivity contribution in [1.82, 2.24) is 19.6 Å². The highest BCUT2D eigenvalue weighted by atomic mass is 32.1. The summed E-state index contributed by atoms with van der Waals surface area (Å²) in [6.45, 7) is 4.17. The summed E-state index contributed by atoms with van der Waals surface area (Å²) in [6.07, 6.45) is 0. The number of hydrogen-bond acceptors (Lipinski definition) is 5. The van der Waals surface area contributed by atoms with E-state index < -0.39 is 0 Å². The molecule has 0 radical (unpaired) electrons. The fourth-order valence-corrected chi connectivity index (χ4v) is 3.51. The van der Waals surface area contributed by atoms with Crippen LogP contribution in [0.25, 0.3) is 5.78 Å². The molecular weight excluding hydrogens is 346 g/mol. The molecule has 0 aliphatic heterocycles. The van der Waals surface area contributed by atoms with E-state index in [-0.39, 0.29) is 12.5 Å². The van der Waals surface area contributed by atoms with Gasteiger partial charge in [0.25, 0.3) is 11.7 Å². The summed E-state index contributed by atoms with van der Waals surface area (Å²) in [5, 5.41) is 6.43. The molecule has 130 valence electrons. The van der Waals surface area contributed by atoms with Crippen molar-refractivity contribution in [2.24, 2.45) is 0 Å². The molecule has 0 saturated heterocycles. The van der Waals surface area contributed by atoms with E-state index in [0.717, 1.165) is 17.1 Å². The number of fused-ring (bicyclic) bond motifs is 1. The summed E-state index contributed by atoms with van der Waals surface area (Å²) < 4.78 is 1.71. The lowest BCUT2D eigenvalue weighted by atomic mass is 10.2. The first-order valence-corrected chi connectivity index (χ1v) is 9.10. The van der Waals surface area contributed by atoms with Gasteiger partial charge in [-0.2, -0.15) is 4.98 Å². The largest absolute Gasteiger partial charge is 0.300 e. The van der Waals surface area contributed by atoms with Gasteiger partial charge in [0.2, 0.25) is 0 Å². The molecule has 1 amide bonds.